The van der Waals surface area contributed by atoms with E-state index in [0.717, 1.165) is 11.4 Å². The highest BCUT2D eigenvalue weighted by atomic mass is 35.7. The van der Waals surface area contributed by atoms with E-state index in [1.54, 1.807) is 30.5 Å². The van der Waals surface area contributed by atoms with E-state index in [0.29, 0.717) is 5.56 Å². The quantitative estimate of drug-likeness (QED) is 0.796. The Morgan fingerprint density at radius 1 is 1.29 bits per heavy atom. The number of rotatable bonds is 3. The molecular weight excluding hydrogens is 262 g/mol. The molecule has 0 aliphatic rings. The van der Waals surface area contributed by atoms with Crippen molar-refractivity contribution in [3.8, 4) is 5.69 Å². The van der Waals surface area contributed by atoms with Crippen molar-refractivity contribution < 1.29 is 8.42 Å². The third kappa shape index (κ3) is 3.28. The number of nitrogens with zero attached hydrogens (tertiary/aromatic N) is 3. The molecule has 90 valence electrons. The van der Waals surface area contributed by atoms with Gasteiger partial charge in [0.25, 0.3) is 0 Å². The van der Waals surface area contributed by atoms with Crippen molar-refractivity contribution in [2.24, 2.45) is 0 Å². The molecule has 1 aromatic carbocycles. The number of benzene rings is 1. The minimum Gasteiger partial charge on any atom is -0.212 e. The van der Waals surface area contributed by atoms with Crippen molar-refractivity contribution in [3.05, 3.63) is 41.7 Å². The zero-order chi connectivity index (χ0) is 12.5. The van der Waals surface area contributed by atoms with Crippen LogP contribution in [0, 0.1) is 6.92 Å². The average Bonchev–Trinajstić information content (AvgIpc) is 2.63. The first-order chi connectivity index (χ1) is 7.94. The lowest BCUT2D eigenvalue weighted by Crippen LogP contribution is -2.00. The lowest BCUT2D eigenvalue weighted by molar-refractivity contribution is 0.609. The van der Waals surface area contributed by atoms with E-state index in [1.807, 2.05) is 6.92 Å². The minimum atomic E-state index is -3.52. The molecule has 1 heterocycles. The maximum Gasteiger partial charge on any atom is 0.236 e. The summed E-state index contributed by atoms with van der Waals surface area (Å²) >= 11 is 0. The summed E-state index contributed by atoms with van der Waals surface area (Å²) in [4.78, 5) is 1.48. The molecule has 0 aliphatic carbocycles. The van der Waals surface area contributed by atoms with Gasteiger partial charge in [-0.15, -0.1) is 0 Å². The number of halogens is 1. The molecule has 1 aromatic heterocycles. The molecule has 0 radical (unpaired) electrons. The van der Waals surface area contributed by atoms with Gasteiger partial charge in [-0.3, -0.25) is 0 Å². The van der Waals surface area contributed by atoms with Gasteiger partial charge in [0.15, 0.2) is 0 Å². The largest absolute Gasteiger partial charge is 0.236 e. The van der Waals surface area contributed by atoms with Gasteiger partial charge in [0, 0.05) is 10.7 Å². The Kier molecular flexibility index (Phi) is 3.17. The van der Waals surface area contributed by atoms with Gasteiger partial charge in [0.05, 0.1) is 23.3 Å². The second kappa shape index (κ2) is 4.46. The van der Waals surface area contributed by atoms with E-state index < -0.39 is 9.05 Å². The Labute approximate surface area is 103 Å². The van der Waals surface area contributed by atoms with Crippen LogP contribution in [0.4, 0.5) is 0 Å². The monoisotopic (exact) mass is 271 g/mol. The molecule has 0 atom stereocenters. The van der Waals surface area contributed by atoms with Crippen LogP contribution in [-0.4, -0.2) is 23.4 Å². The van der Waals surface area contributed by atoms with Gasteiger partial charge < -0.3 is 0 Å². The smallest absolute Gasteiger partial charge is 0.212 e. The van der Waals surface area contributed by atoms with Crippen molar-refractivity contribution in [2.45, 2.75) is 12.7 Å². The van der Waals surface area contributed by atoms with Crippen molar-refractivity contribution in [2.75, 3.05) is 0 Å². The van der Waals surface area contributed by atoms with Crippen LogP contribution < -0.4 is 0 Å². The third-order valence-corrected chi connectivity index (χ3v) is 3.12. The van der Waals surface area contributed by atoms with Crippen LogP contribution in [0.25, 0.3) is 5.69 Å². The van der Waals surface area contributed by atoms with Crippen molar-refractivity contribution in [1.29, 1.82) is 0 Å². The minimum absolute atomic E-state index is 0.180. The van der Waals surface area contributed by atoms with Gasteiger partial charge in [-0.25, -0.2) is 8.42 Å². The Hall–Kier alpha value is -1.40. The van der Waals surface area contributed by atoms with Crippen LogP contribution >= 0.6 is 10.7 Å². The molecule has 17 heavy (non-hydrogen) atoms. The van der Waals surface area contributed by atoms with Gasteiger partial charge in [0.2, 0.25) is 9.05 Å². The van der Waals surface area contributed by atoms with Crippen molar-refractivity contribution >= 4 is 19.7 Å². The van der Waals surface area contributed by atoms with Gasteiger partial charge in [-0.2, -0.15) is 15.0 Å². The zero-order valence-corrected chi connectivity index (χ0v) is 10.6. The van der Waals surface area contributed by atoms with Crippen LogP contribution in [0.3, 0.4) is 0 Å². The number of hydrogen-bond donors (Lipinski definition) is 0. The fourth-order valence-corrected chi connectivity index (χ4v) is 2.36. The Morgan fingerprint density at radius 3 is 2.41 bits per heavy atom. The van der Waals surface area contributed by atoms with E-state index in [9.17, 15) is 8.42 Å². The molecule has 0 fully saturated rings. The molecule has 7 heteroatoms. The van der Waals surface area contributed by atoms with E-state index in [2.05, 4.69) is 10.2 Å². The summed E-state index contributed by atoms with van der Waals surface area (Å²) in [5.41, 5.74) is 2.22. The van der Waals surface area contributed by atoms with Crippen molar-refractivity contribution in [1.82, 2.24) is 15.0 Å². The topological polar surface area (TPSA) is 64.8 Å². The van der Waals surface area contributed by atoms with Crippen LogP contribution in [-0.2, 0) is 14.8 Å². The highest BCUT2D eigenvalue weighted by Crippen LogP contribution is 2.12. The van der Waals surface area contributed by atoms with Gasteiger partial charge in [-0.1, -0.05) is 12.1 Å². The van der Waals surface area contributed by atoms with Gasteiger partial charge >= 0.3 is 0 Å². The maximum atomic E-state index is 10.9. The van der Waals surface area contributed by atoms with E-state index in [4.69, 9.17) is 10.7 Å². The molecule has 0 unspecified atom stereocenters. The highest BCUT2D eigenvalue weighted by Gasteiger charge is 2.07. The predicted octanol–water partition coefficient (Wildman–Crippen LogP) is 1.64. The molecule has 2 rings (SSSR count). The zero-order valence-electron chi connectivity index (χ0n) is 9.04. The molecule has 0 N–H and O–H groups in total. The summed E-state index contributed by atoms with van der Waals surface area (Å²) in [6.45, 7) is 1.85. The molecule has 0 saturated heterocycles. The predicted molar refractivity (Wildman–Crippen MR) is 64.6 cm³/mol. The summed E-state index contributed by atoms with van der Waals surface area (Å²) in [5.74, 6) is -0.180. The summed E-state index contributed by atoms with van der Waals surface area (Å²) in [7, 11) is 1.65. The third-order valence-electron chi connectivity index (χ3n) is 2.11. The fraction of sp³-hybridized carbons (Fsp3) is 0.200. The first-order valence-corrected chi connectivity index (χ1v) is 7.32. The van der Waals surface area contributed by atoms with Crippen LogP contribution in [0.5, 0.6) is 0 Å². The second-order valence-corrected chi connectivity index (χ2v) is 6.40. The second-order valence-electron chi connectivity index (χ2n) is 3.63. The van der Waals surface area contributed by atoms with Crippen LogP contribution in [0.2, 0.25) is 0 Å². The van der Waals surface area contributed by atoms with Gasteiger partial charge in [-0.05, 0) is 24.6 Å². The number of hydrogen-bond acceptors (Lipinski definition) is 4. The van der Waals surface area contributed by atoms with Crippen LogP contribution in [0.1, 0.15) is 11.3 Å². The van der Waals surface area contributed by atoms with E-state index in [-0.39, 0.29) is 5.75 Å². The lowest BCUT2D eigenvalue weighted by atomic mass is 10.2. The Morgan fingerprint density at radius 2 is 1.94 bits per heavy atom. The maximum absolute atomic E-state index is 10.9. The number of aryl methyl sites for hydroxylation is 1. The first-order valence-electron chi connectivity index (χ1n) is 4.85. The highest BCUT2D eigenvalue weighted by molar-refractivity contribution is 8.13. The fourth-order valence-electron chi connectivity index (χ4n) is 1.39. The van der Waals surface area contributed by atoms with Gasteiger partial charge in [0.1, 0.15) is 0 Å². The lowest BCUT2D eigenvalue weighted by Gasteiger charge is -2.01. The summed E-state index contributed by atoms with van der Waals surface area (Å²) in [6.07, 6.45) is 1.65. The number of aromatic nitrogens is 3. The SMILES string of the molecule is Cc1cnn(-c2ccc(CS(=O)(=O)Cl)cc2)n1. The molecule has 0 saturated carbocycles. The normalized spacial score (nSPS) is 11.6. The molecule has 0 aliphatic heterocycles. The van der Waals surface area contributed by atoms with E-state index in [1.165, 1.54) is 4.80 Å². The Bertz CT molecular complexity index is 619. The molecule has 5 nitrogen and oxygen atoms in total. The molecule has 0 amide bonds. The molecule has 0 spiro atoms. The summed E-state index contributed by atoms with van der Waals surface area (Å²) < 4.78 is 21.8. The summed E-state index contributed by atoms with van der Waals surface area (Å²) in [5, 5.41) is 8.20. The first kappa shape index (κ1) is 12.1. The summed E-state index contributed by atoms with van der Waals surface area (Å²) in [6, 6.07) is 6.87. The Balaban J connectivity index is 2.24. The average molecular weight is 272 g/mol. The van der Waals surface area contributed by atoms with Crippen LogP contribution in [0.15, 0.2) is 30.5 Å². The molecular formula is C10H10ClN3O2S. The standard InChI is InChI=1S/C10H10ClN3O2S/c1-8-6-12-14(13-8)10-4-2-9(3-5-10)7-17(11,15)16/h2-6H,7H2,1H3. The van der Waals surface area contributed by atoms with Crippen molar-refractivity contribution in [3.63, 3.8) is 0 Å². The molecule has 0 bridgehead atoms. The molecule has 2 aromatic rings. The van der Waals surface area contributed by atoms with E-state index >= 15 is 0 Å².